The molecule has 1 unspecified atom stereocenters. The minimum atomic E-state index is -1.11. The van der Waals surface area contributed by atoms with Gasteiger partial charge in [0.1, 0.15) is 17.1 Å². The van der Waals surface area contributed by atoms with Crippen molar-refractivity contribution in [1.29, 1.82) is 0 Å². The molecule has 5 nitrogen and oxygen atoms in total. The van der Waals surface area contributed by atoms with Crippen molar-refractivity contribution < 1.29 is 24.1 Å². The first-order chi connectivity index (χ1) is 10.5. The lowest BCUT2D eigenvalue weighted by molar-refractivity contribution is -0.240. The summed E-state index contributed by atoms with van der Waals surface area (Å²) in [5.74, 6) is 0.371. The number of ether oxygens (including phenoxy) is 3. The molecule has 0 bridgehead atoms. The molecule has 5 heteroatoms. The number of aliphatic hydroxyl groups is 1. The molecule has 1 fully saturated rings. The Kier molecular flexibility index (Phi) is 4.14. The maximum atomic E-state index is 12.3. The molecule has 122 valence electrons. The summed E-state index contributed by atoms with van der Waals surface area (Å²) in [5, 5.41) is 10.9. The Hall–Kier alpha value is -1.17. The fraction of sp³-hybridized carbons (Fsp3) is 0.706. The summed E-state index contributed by atoms with van der Waals surface area (Å²) in [7, 11) is 3.23. The highest BCUT2D eigenvalue weighted by Gasteiger charge is 2.47. The number of fused-ring (bicyclic) bond motifs is 1. The summed E-state index contributed by atoms with van der Waals surface area (Å²) in [4.78, 5) is 12.3. The average molecular weight is 308 g/mol. The second-order valence-corrected chi connectivity index (χ2v) is 6.45. The molecule has 0 spiro atoms. The molecular weight excluding hydrogens is 284 g/mol. The molecule has 2 aliphatic carbocycles. The maximum Gasteiger partial charge on any atom is 0.169 e. The Bertz CT molecular complexity index is 505. The lowest BCUT2D eigenvalue weighted by Crippen LogP contribution is -2.47. The number of hydrogen-bond donors (Lipinski definition) is 1. The number of carbonyl (C=O) groups is 1. The molecule has 1 heterocycles. The van der Waals surface area contributed by atoms with Crippen molar-refractivity contribution >= 4 is 5.78 Å². The standard InChI is InChI=1S/C17H24O5/c1-20-17(21-2)9-7-16(19,8-10-17)15-11-13(18)12-5-3-4-6-14(12)22-15/h6,11-12,19H,3-5,7-10H2,1-2H3. The number of hydrogen-bond acceptors (Lipinski definition) is 5. The molecule has 22 heavy (non-hydrogen) atoms. The highest BCUT2D eigenvalue weighted by molar-refractivity contribution is 5.95. The molecule has 0 aromatic rings. The first-order valence-corrected chi connectivity index (χ1v) is 7.98. The molecule has 1 aliphatic heterocycles. The SMILES string of the molecule is COC1(OC)CCC(O)(C2=CC(=O)C3CCCC=C3O2)CC1. The van der Waals surface area contributed by atoms with Gasteiger partial charge < -0.3 is 19.3 Å². The molecule has 3 rings (SSSR count). The van der Waals surface area contributed by atoms with Crippen LogP contribution in [0.15, 0.2) is 23.7 Å². The quantitative estimate of drug-likeness (QED) is 0.811. The van der Waals surface area contributed by atoms with E-state index in [1.54, 1.807) is 14.2 Å². The van der Waals surface area contributed by atoms with Crippen molar-refractivity contribution in [3.63, 3.8) is 0 Å². The van der Waals surface area contributed by atoms with E-state index >= 15 is 0 Å². The van der Waals surface area contributed by atoms with Crippen molar-refractivity contribution in [2.45, 2.75) is 56.3 Å². The number of methoxy groups -OCH3 is 2. The molecular formula is C17H24O5. The smallest absolute Gasteiger partial charge is 0.169 e. The summed E-state index contributed by atoms with van der Waals surface area (Å²) in [6.07, 6.45) is 8.30. The van der Waals surface area contributed by atoms with Gasteiger partial charge in [-0.05, 0) is 38.2 Å². The highest BCUT2D eigenvalue weighted by atomic mass is 16.7. The molecule has 1 N–H and O–H groups in total. The topological polar surface area (TPSA) is 65.0 Å². The van der Waals surface area contributed by atoms with Crippen LogP contribution in [-0.4, -0.2) is 36.5 Å². The van der Waals surface area contributed by atoms with Crippen LogP contribution in [-0.2, 0) is 19.0 Å². The van der Waals surface area contributed by atoms with Gasteiger partial charge in [0.15, 0.2) is 11.6 Å². The van der Waals surface area contributed by atoms with Crippen LogP contribution in [0, 0.1) is 5.92 Å². The van der Waals surface area contributed by atoms with Crippen LogP contribution in [0.3, 0.4) is 0 Å². The van der Waals surface area contributed by atoms with Crippen molar-refractivity contribution in [2.75, 3.05) is 14.2 Å². The number of carbonyl (C=O) groups excluding carboxylic acids is 1. The summed E-state index contributed by atoms with van der Waals surface area (Å²) < 4.78 is 16.8. The third-order valence-electron chi connectivity index (χ3n) is 5.27. The Morgan fingerprint density at radius 3 is 2.55 bits per heavy atom. The van der Waals surface area contributed by atoms with Gasteiger partial charge in [-0.15, -0.1) is 0 Å². The van der Waals surface area contributed by atoms with Crippen LogP contribution in [0.2, 0.25) is 0 Å². The van der Waals surface area contributed by atoms with E-state index in [4.69, 9.17) is 14.2 Å². The van der Waals surface area contributed by atoms with Crippen LogP contribution in [0.1, 0.15) is 44.9 Å². The molecule has 3 aliphatic rings. The van der Waals surface area contributed by atoms with Crippen LogP contribution in [0.5, 0.6) is 0 Å². The third-order valence-corrected chi connectivity index (χ3v) is 5.27. The Balaban J connectivity index is 1.78. The summed E-state index contributed by atoms with van der Waals surface area (Å²) in [6.45, 7) is 0. The van der Waals surface area contributed by atoms with Gasteiger partial charge in [-0.1, -0.05) is 0 Å². The van der Waals surface area contributed by atoms with Crippen molar-refractivity contribution in [3.8, 4) is 0 Å². The first-order valence-electron chi connectivity index (χ1n) is 7.98. The predicted octanol–water partition coefficient (Wildman–Crippen LogP) is 2.45. The summed E-state index contributed by atoms with van der Waals surface area (Å²) in [6, 6.07) is 0. The molecule has 0 radical (unpaired) electrons. The van der Waals surface area contributed by atoms with Crippen molar-refractivity contribution in [1.82, 2.24) is 0 Å². The lowest BCUT2D eigenvalue weighted by atomic mass is 9.78. The van der Waals surface area contributed by atoms with Gasteiger partial charge in [0.05, 0.1) is 5.92 Å². The fourth-order valence-corrected chi connectivity index (χ4v) is 3.64. The van der Waals surface area contributed by atoms with Crippen LogP contribution in [0.4, 0.5) is 0 Å². The van der Waals surface area contributed by atoms with Crippen LogP contribution in [0.25, 0.3) is 0 Å². The highest BCUT2D eigenvalue weighted by Crippen LogP contribution is 2.44. The van der Waals surface area contributed by atoms with E-state index in [1.165, 1.54) is 6.08 Å². The lowest BCUT2D eigenvalue weighted by Gasteiger charge is -2.43. The van der Waals surface area contributed by atoms with E-state index in [2.05, 4.69) is 0 Å². The maximum absolute atomic E-state index is 12.3. The van der Waals surface area contributed by atoms with E-state index in [0.29, 0.717) is 31.4 Å². The second kappa shape index (κ2) is 5.80. The molecule has 0 saturated heterocycles. The van der Waals surface area contributed by atoms with Gasteiger partial charge in [-0.3, -0.25) is 4.79 Å². The zero-order valence-corrected chi connectivity index (χ0v) is 13.3. The first kappa shape index (κ1) is 15.7. The number of ketones is 1. The van der Waals surface area contributed by atoms with Crippen LogP contribution >= 0.6 is 0 Å². The zero-order chi connectivity index (χ0) is 15.8. The van der Waals surface area contributed by atoms with Crippen molar-refractivity contribution in [3.05, 3.63) is 23.7 Å². The minimum absolute atomic E-state index is 0.0518. The molecule has 0 aromatic carbocycles. The van der Waals surface area contributed by atoms with Gasteiger partial charge in [0.25, 0.3) is 0 Å². The number of rotatable bonds is 3. The number of allylic oxidation sites excluding steroid dienone is 3. The van der Waals surface area contributed by atoms with E-state index in [9.17, 15) is 9.90 Å². The monoisotopic (exact) mass is 308 g/mol. The van der Waals surface area contributed by atoms with Gasteiger partial charge in [-0.25, -0.2) is 0 Å². The van der Waals surface area contributed by atoms with Gasteiger partial charge >= 0.3 is 0 Å². The van der Waals surface area contributed by atoms with Crippen LogP contribution < -0.4 is 0 Å². The minimum Gasteiger partial charge on any atom is -0.462 e. The molecule has 1 saturated carbocycles. The van der Waals surface area contributed by atoms with Crippen molar-refractivity contribution in [2.24, 2.45) is 5.92 Å². The van der Waals surface area contributed by atoms with Gasteiger partial charge in [0, 0.05) is 33.1 Å². The van der Waals surface area contributed by atoms with E-state index in [0.717, 1.165) is 25.0 Å². The summed E-state index contributed by atoms with van der Waals surface area (Å²) >= 11 is 0. The Morgan fingerprint density at radius 2 is 1.91 bits per heavy atom. The predicted molar refractivity (Wildman–Crippen MR) is 79.8 cm³/mol. The van der Waals surface area contributed by atoms with Gasteiger partial charge in [-0.2, -0.15) is 0 Å². The Morgan fingerprint density at radius 1 is 1.23 bits per heavy atom. The van der Waals surface area contributed by atoms with E-state index in [-0.39, 0.29) is 11.7 Å². The Labute approximate surface area is 130 Å². The second-order valence-electron chi connectivity index (χ2n) is 6.45. The molecule has 1 atom stereocenters. The largest absolute Gasteiger partial charge is 0.462 e. The normalized spacial score (nSPS) is 30.0. The molecule has 0 aromatic heterocycles. The fourth-order valence-electron chi connectivity index (χ4n) is 3.64. The third kappa shape index (κ3) is 2.62. The summed E-state index contributed by atoms with van der Waals surface area (Å²) in [5.41, 5.74) is -1.11. The van der Waals surface area contributed by atoms with E-state index < -0.39 is 11.4 Å². The zero-order valence-electron chi connectivity index (χ0n) is 13.3. The van der Waals surface area contributed by atoms with E-state index in [1.807, 2.05) is 6.08 Å². The molecule has 0 amide bonds. The average Bonchev–Trinajstić information content (AvgIpc) is 2.56. The van der Waals surface area contributed by atoms with Gasteiger partial charge in [0.2, 0.25) is 0 Å².